The van der Waals surface area contributed by atoms with E-state index in [2.05, 4.69) is 25.7 Å². The molecule has 1 heterocycles. The van der Waals surface area contributed by atoms with Gasteiger partial charge in [0, 0.05) is 29.4 Å². The van der Waals surface area contributed by atoms with Crippen molar-refractivity contribution in [3.05, 3.63) is 28.8 Å². The van der Waals surface area contributed by atoms with Crippen LogP contribution in [0.4, 0.5) is 5.69 Å². The molecule has 0 aromatic heterocycles. The van der Waals surface area contributed by atoms with Gasteiger partial charge in [-0.2, -0.15) is 0 Å². The number of hydrogen-bond acceptors (Lipinski definition) is 2. The minimum absolute atomic E-state index is 0.377. The number of nitrogens with two attached hydrogens (primary N) is 1. The molecule has 21 heavy (non-hydrogen) atoms. The molecule has 2 N–H and O–H groups in total. The van der Waals surface area contributed by atoms with Crippen molar-refractivity contribution in [3.63, 3.8) is 0 Å². The monoisotopic (exact) mass is 324 g/mol. The Bertz CT molecular complexity index is 522. The summed E-state index contributed by atoms with van der Waals surface area (Å²) in [6.45, 7) is 9.14. The summed E-state index contributed by atoms with van der Waals surface area (Å²) < 4.78 is 0. The Kier molecular flexibility index (Phi) is 5.15. The summed E-state index contributed by atoms with van der Waals surface area (Å²) in [5, 5.41) is 0.684. The molecular weight excluding hydrogens is 300 g/mol. The molecule has 1 unspecified atom stereocenters. The lowest BCUT2D eigenvalue weighted by atomic mass is 9.77. The molecule has 1 aromatic rings. The Balaban J connectivity index is 2.22. The van der Waals surface area contributed by atoms with Crippen LogP contribution in [0, 0.1) is 11.3 Å². The zero-order chi connectivity index (χ0) is 15.6. The zero-order valence-electron chi connectivity index (χ0n) is 13.2. The van der Waals surface area contributed by atoms with Gasteiger partial charge in [0.25, 0.3) is 0 Å². The Hall–Kier alpha value is -0.800. The molecule has 4 heteroatoms. The van der Waals surface area contributed by atoms with Crippen LogP contribution in [0.3, 0.4) is 0 Å². The van der Waals surface area contributed by atoms with Gasteiger partial charge in [0.05, 0.1) is 0 Å². The molecular formula is C17H25ClN2S. The first-order valence-electron chi connectivity index (χ1n) is 7.63. The Morgan fingerprint density at radius 2 is 2.00 bits per heavy atom. The average Bonchev–Trinajstić information content (AvgIpc) is 2.63. The molecule has 1 aliphatic heterocycles. The topological polar surface area (TPSA) is 29.3 Å². The number of rotatable bonds is 2. The van der Waals surface area contributed by atoms with E-state index in [1.54, 1.807) is 0 Å². The second-order valence-electron chi connectivity index (χ2n) is 7.01. The van der Waals surface area contributed by atoms with Crippen LogP contribution < -0.4 is 10.6 Å². The fourth-order valence-corrected chi connectivity index (χ4v) is 3.52. The number of halogens is 1. The lowest BCUT2D eigenvalue weighted by Crippen LogP contribution is -2.28. The first kappa shape index (κ1) is 16.6. The number of anilines is 1. The van der Waals surface area contributed by atoms with Crippen molar-refractivity contribution in [2.45, 2.75) is 40.0 Å². The van der Waals surface area contributed by atoms with E-state index in [9.17, 15) is 0 Å². The highest BCUT2D eigenvalue weighted by atomic mass is 35.5. The molecule has 1 saturated heterocycles. The third kappa shape index (κ3) is 4.10. The molecule has 1 atom stereocenters. The molecule has 0 amide bonds. The van der Waals surface area contributed by atoms with Crippen LogP contribution in [0.2, 0.25) is 5.02 Å². The van der Waals surface area contributed by atoms with Gasteiger partial charge in [-0.3, -0.25) is 0 Å². The van der Waals surface area contributed by atoms with Crippen molar-refractivity contribution in [3.8, 4) is 0 Å². The van der Waals surface area contributed by atoms with Crippen molar-refractivity contribution in [2.75, 3.05) is 18.0 Å². The summed E-state index contributed by atoms with van der Waals surface area (Å²) in [6, 6.07) is 5.85. The van der Waals surface area contributed by atoms with E-state index in [0.717, 1.165) is 30.3 Å². The number of hydrogen-bond donors (Lipinski definition) is 1. The lowest BCUT2D eigenvalue weighted by molar-refractivity contribution is 0.220. The Labute approximate surface area is 138 Å². The number of thiocarbonyl (C=S) groups is 1. The molecule has 0 aliphatic carbocycles. The molecule has 0 saturated carbocycles. The van der Waals surface area contributed by atoms with Gasteiger partial charge < -0.3 is 10.6 Å². The van der Waals surface area contributed by atoms with Crippen molar-refractivity contribution >= 4 is 34.5 Å². The molecule has 116 valence electrons. The van der Waals surface area contributed by atoms with Crippen molar-refractivity contribution in [1.82, 2.24) is 0 Å². The van der Waals surface area contributed by atoms with E-state index in [4.69, 9.17) is 29.6 Å². The largest absolute Gasteiger partial charge is 0.389 e. The molecule has 1 fully saturated rings. The summed E-state index contributed by atoms with van der Waals surface area (Å²) in [6.07, 6.45) is 3.71. The van der Waals surface area contributed by atoms with Crippen LogP contribution in [-0.4, -0.2) is 18.1 Å². The van der Waals surface area contributed by atoms with Crippen molar-refractivity contribution in [1.29, 1.82) is 0 Å². The van der Waals surface area contributed by atoms with Crippen LogP contribution in [0.5, 0.6) is 0 Å². The summed E-state index contributed by atoms with van der Waals surface area (Å²) in [5.74, 6) is 0.767. The second-order valence-corrected chi connectivity index (χ2v) is 7.88. The van der Waals surface area contributed by atoms with Gasteiger partial charge in [-0.1, -0.05) is 44.6 Å². The van der Waals surface area contributed by atoms with Crippen LogP contribution >= 0.6 is 23.8 Å². The fraction of sp³-hybridized carbons (Fsp3) is 0.588. The van der Waals surface area contributed by atoms with Gasteiger partial charge in [-0.15, -0.1) is 0 Å². The highest BCUT2D eigenvalue weighted by Gasteiger charge is 2.27. The lowest BCUT2D eigenvalue weighted by Gasteiger charge is -2.30. The van der Waals surface area contributed by atoms with Crippen LogP contribution in [0.1, 0.15) is 45.6 Å². The quantitative estimate of drug-likeness (QED) is 0.804. The standard InChI is InChI=1S/C17H25ClN2S/c1-17(2,3)12-5-4-9-20(10-8-12)15-7-6-13(18)11-14(15)16(19)21/h6-7,11-12H,4-5,8-10H2,1-3H3,(H2,19,21). The first-order valence-corrected chi connectivity index (χ1v) is 8.42. The zero-order valence-corrected chi connectivity index (χ0v) is 14.7. The highest BCUT2D eigenvalue weighted by Crippen LogP contribution is 2.36. The van der Waals surface area contributed by atoms with Crippen LogP contribution in [0.25, 0.3) is 0 Å². The molecule has 2 nitrogen and oxygen atoms in total. The first-order chi connectivity index (χ1) is 9.79. The minimum Gasteiger partial charge on any atom is -0.389 e. The number of nitrogens with zero attached hydrogens (tertiary/aromatic N) is 1. The Morgan fingerprint density at radius 1 is 1.29 bits per heavy atom. The van der Waals surface area contributed by atoms with E-state index in [-0.39, 0.29) is 0 Å². The van der Waals surface area contributed by atoms with Gasteiger partial charge in [-0.25, -0.2) is 0 Å². The van der Waals surface area contributed by atoms with Gasteiger partial charge in [0.1, 0.15) is 4.99 Å². The maximum Gasteiger partial charge on any atom is 0.106 e. The molecule has 2 rings (SSSR count). The maximum atomic E-state index is 6.08. The third-order valence-corrected chi connectivity index (χ3v) is 4.97. The number of benzene rings is 1. The summed E-state index contributed by atoms with van der Waals surface area (Å²) in [7, 11) is 0. The minimum atomic E-state index is 0.377. The van der Waals surface area contributed by atoms with Crippen LogP contribution in [0.15, 0.2) is 18.2 Å². The summed E-state index contributed by atoms with van der Waals surface area (Å²) >= 11 is 11.3. The fourth-order valence-electron chi connectivity index (χ4n) is 3.18. The van der Waals surface area contributed by atoms with E-state index >= 15 is 0 Å². The maximum absolute atomic E-state index is 6.08. The summed E-state index contributed by atoms with van der Waals surface area (Å²) in [4.78, 5) is 2.83. The second kappa shape index (κ2) is 6.53. The highest BCUT2D eigenvalue weighted by molar-refractivity contribution is 7.80. The molecule has 0 radical (unpaired) electrons. The van der Waals surface area contributed by atoms with E-state index in [1.807, 2.05) is 18.2 Å². The molecule has 0 spiro atoms. The summed E-state index contributed by atoms with van der Waals surface area (Å²) in [5.41, 5.74) is 8.27. The van der Waals surface area contributed by atoms with Crippen molar-refractivity contribution < 1.29 is 0 Å². The Morgan fingerprint density at radius 3 is 2.62 bits per heavy atom. The van der Waals surface area contributed by atoms with Crippen molar-refractivity contribution in [2.24, 2.45) is 17.1 Å². The normalized spacial score (nSPS) is 20.2. The van der Waals surface area contributed by atoms with Gasteiger partial charge in [-0.05, 0) is 48.8 Å². The van der Waals surface area contributed by atoms with Gasteiger partial charge in [0.15, 0.2) is 0 Å². The SMILES string of the molecule is CC(C)(C)C1CCCN(c2ccc(Cl)cc2C(N)=S)CC1. The predicted molar refractivity (Wildman–Crippen MR) is 96.3 cm³/mol. The average molecular weight is 325 g/mol. The molecule has 1 aromatic carbocycles. The molecule has 1 aliphatic rings. The third-order valence-electron chi connectivity index (χ3n) is 4.52. The van der Waals surface area contributed by atoms with E-state index in [1.165, 1.54) is 19.3 Å². The van der Waals surface area contributed by atoms with Gasteiger partial charge >= 0.3 is 0 Å². The van der Waals surface area contributed by atoms with Crippen LogP contribution in [-0.2, 0) is 0 Å². The smallest absolute Gasteiger partial charge is 0.106 e. The van der Waals surface area contributed by atoms with E-state index in [0.29, 0.717) is 15.4 Å². The van der Waals surface area contributed by atoms with Gasteiger partial charge in [0.2, 0.25) is 0 Å². The van der Waals surface area contributed by atoms with E-state index < -0.39 is 0 Å². The molecule has 0 bridgehead atoms. The predicted octanol–water partition coefficient (Wildman–Crippen LogP) is 4.63.